The van der Waals surface area contributed by atoms with Crippen LogP contribution < -0.4 is 5.32 Å². The Balaban J connectivity index is 1.98. The topological polar surface area (TPSA) is 64.6 Å². The van der Waals surface area contributed by atoms with Crippen LogP contribution in [0.1, 0.15) is 38.3 Å². The third-order valence-electron chi connectivity index (χ3n) is 3.75. The minimum atomic E-state index is -0.860. The Bertz CT molecular complexity index is 826. The summed E-state index contributed by atoms with van der Waals surface area (Å²) in [6, 6.07) is 15.8. The number of halogens is 1. The Morgan fingerprint density at radius 2 is 1.72 bits per heavy atom. The summed E-state index contributed by atoms with van der Waals surface area (Å²) >= 11 is 5.88. The predicted octanol–water partition coefficient (Wildman–Crippen LogP) is 5.38. The van der Waals surface area contributed by atoms with E-state index in [2.05, 4.69) is 5.32 Å². The number of amides is 1. The van der Waals surface area contributed by atoms with Crippen LogP contribution in [0.25, 0.3) is 6.08 Å². The lowest BCUT2D eigenvalue weighted by Crippen LogP contribution is -2.44. The third kappa shape index (κ3) is 8.83. The fourth-order valence-electron chi connectivity index (χ4n) is 2.41. The van der Waals surface area contributed by atoms with Gasteiger partial charge in [-0.3, -0.25) is 0 Å². The van der Waals surface area contributed by atoms with Gasteiger partial charge in [-0.2, -0.15) is 0 Å². The Labute approximate surface area is 176 Å². The zero-order valence-electron chi connectivity index (χ0n) is 16.9. The molecular weight excluding hydrogens is 390 g/mol. The molecule has 0 aromatic heterocycles. The summed E-state index contributed by atoms with van der Waals surface area (Å²) in [6.07, 6.45) is 3.24. The molecular formula is C23H26ClNO4. The van der Waals surface area contributed by atoms with Crippen LogP contribution in [0.15, 0.2) is 60.7 Å². The molecule has 2 rings (SSSR count). The van der Waals surface area contributed by atoms with Gasteiger partial charge in [0.2, 0.25) is 0 Å². The number of carbonyl (C=O) groups excluding carboxylic acids is 2. The van der Waals surface area contributed by atoms with Crippen LogP contribution in [0.2, 0.25) is 5.02 Å². The lowest BCUT2D eigenvalue weighted by Gasteiger charge is -2.24. The van der Waals surface area contributed by atoms with Crippen molar-refractivity contribution in [3.05, 3.63) is 76.8 Å². The first-order valence-electron chi connectivity index (χ1n) is 9.35. The van der Waals surface area contributed by atoms with Crippen molar-refractivity contribution in [1.82, 2.24) is 5.32 Å². The van der Waals surface area contributed by atoms with Crippen LogP contribution in [0, 0.1) is 0 Å². The molecule has 2 aromatic carbocycles. The summed E-state index contributed by atoms with van der Waals surface area (Å²) in [5.41, 5.74) is 1.13. The number of nitrogens with one attached hydrogen (secondary N) is 1. The largest absolute Gasteiger partial charge is 0.458 e. The maximum absolute atomic E-state index is 12.5. The minimum Gasteiger partial charge on any atom is -0.458 e. The van der Waals surface area contributed by atoms with Gasteiger partial charge in [-0.25, -0.2) is 9.59 Å². The molecule has 5 nitrogen and oxygen atoms in total. The minimum absolute atomic E-state index is 0.119. The molecule has 0 saturated heterocycles. The second-order valence-corrected chi connectivity index (χ2v) is 7.92. The summed E-state index contributed by atoms with van der Waals surface area (Å²) in [7, 11) is 0. The Kier molecular flexibility index (Phi) is 8.28. The van der Waals surface area contributed by atoms with E-state index >= 15 is 0 Å². The van der Waals surface area contributed by atoms with Crippen LogP contribution in [0.3, 0.4) is 0 Å². The summed E-state index contributed by atoms with van der Waals surface area (Å²) in [5.74, 6) is -0.519. The van der Waals surface area contributed by atoms with E-state index < -0.39 is 23.7 Å². The Morgan fingerprint density at radius 3 is 2.34 bits per heavy atom. The zero-order valence-corrected chi connectivity index (χ0v) is 17.6. The molecule has 0 aliphatic heterocycles. The van der Waals surface area contributed by atoms with E-state index in [1.807, 2.05) is 48.5 Å². The van der Waals surface area contributed by atoms with Crippen molar-refractivity contribution in [1.29, 1.82) is 0 Å². The summed E-state index contributed by atoms with van der Waals surface area (Å²) in [5, 5.41) is 3.25. The van der Waals surface area contributed by atoms with Crippen LogP contribution in [-0.2, 0) is 20.9 Å². The van der Waals surface area contributed by atoms with Crippen molar-refractivity contribution in [2.75, 3.05) is 0 Å². The van der Waals surface area contributed by atoms with E-state index in [4.69, 9.17) is 21.1 Å². The van der Waals surface area contributed by atoms with E-state index in [0.717, 1.165) is 11.1 Å². The van der Waals surface area contributed by atoms with E-state index in [0.29, 0.717) is 5.02 Å². The molecule has 1 atom stereocenters. The first kappa shape index (κ1) is 22.5. The number of hydrogen-bond acceptors (Lipinski definition) is 4. The molecule has 154 valence electrons. The van der Waals surface area contributed by atoms with E-state index in [1.54, 1.807) is 39.0 Å². The molecule has 0 heterocycles. The van der Waals surface area contributed by atoms with Gasteiger partial charge in [-0.05, 0) is 50.5 Å². The number of rotatable bonds is 7. The van der Waals surface area contributed by atoms with Gasteiger partial charge in [0, 0.05) is 5.02 Å². The number of hydrogen-bond donors (Lipinski definition) is 1. The monoisotopic (exact) mass is 415 g/mol. The van der Waals surface area contributed by atoms with Gasteiger partial charge in [-0.15, -0.1) is 0 Å². The lowest BCUT2D eigenvalue weighted by atomic mass is 10.1. The van der Waals surface area contributed by atoms with E-state index in [1.165, 1.54) is 0 Å². The van der Waals surface area contributed by atoms with Gasteiger partial charge in [0.05, 0.1) is 0 Å². The molecule has 0 fully saturated rings. The molecule has 1 N–H and O–H groups in total. The van der Waals surface area contributed by atoms with Gasteiger partial charge < -0.3 is 14.8 Å². The fourth-order valence-corrected chi connectivity index (χ4v) is 2.53. The van der Waals surface area contributed by atoms with Gasteiger partial charge in [0.1, 0.15) is 18.2 Å². The third-order valence-corrected chi connectivity index (χ3v) is 4.00. The molecule has 0 radical (unpaired) electrons. The highest BCUT2D eigenvalue weighted by molar-refractivity contribution is 6.30. The summed E-state index contributed by atoms with van der Waals surface area (Å²) in [6.45, 7) is 5.45. The molecule has 0 unspecified atom stereocenters. The molecule has 2 aromatic rings. The molecule has 6 heteroatoms. The predicted molar refractivity (Wildman–Crippen MR) is 114 cm³/mol. The second-order valence-electron chi connectivity index (χ2n) is 7.48. The molecule has 0 bridgehead atoms. The van der Waals surface area contributed by atoms with Crippen LogP contribution in [0.5, 0.6) is 0 Å². The van der Waals surface area contributed by atoms with Gasteiger partial charge >= 0.3 is 12.1 Å². The number of benzene rings is 2. The van der Waals surface area contributed by atoms with E-state index in [-0.39, 0.29) is 13.0 Å². The maximum Gasteiger partial charge on any atom is 0.408 e. The highest BCUT2D eigenvalue weighted by Gasteiger charge is 2.26. The van der Waals surface area contributed by atoms with Crippen molar-refractivity contribution < 1.29 is 19.1 Å². The molecule has 29 heavy (non-hydrogen) atoms. The van der Waals surface area contributed by atoms with Gasteiger partial charge in [0.15, 0.2) is 0 Å². The molecule has 0 aliphatic rings. The number of carbonyl (C=O) groups is 2. The Morgan fingerprint density at radius 1 is 1.07 bits per heavy atom. The first-order chi connectivity index (χ1) is 13.7. The molecule has 1 amide bonds. The van der Waals surface area contributed by atoms with Crippen LogP contribution in [0.4, 0.5) is 4.79 Å². The smallest absolute Gasteiger partial charge is 0.408 e. The first-order valence-corrected chi connectivity index (χ1v) is 9.73. The fraction of sp³-hybridized carbons (Fsp3) is 0.304. The highest BCUT2D eigenvalue weighted by Crippen LogP contribution is 2.13. The normalized spacial score (nSPS) is 12.4. The number of alkyl carbamates (subject to hydrolysis) is 1. The molecule has 0 spiro atoms. The highest BCUT2D eigenvalue weighted by atomic mass is 35.5. The average Bonchev–Trinajstić information content (AvgIpc) is 2.66. The summed E-state index contributed by atoms with van der Waals surface area (Å²) in [4.78, 5) is 24.7. The lowest BCUT2D eigenvalue weighted by molar-refractivity contribution is -0.157. The Hall–Kier alpha value is -2.79. The number of ether oxygens (including phenoxy) is 2. The van der Waals surface area contributed by atoms with Crippen molar-refractivity contribution in [3.8, 4) is 0 Å². The SMILES string of the molecule is CC(C)(C)OC(=O)[C@H](C/C=C/c1ccc(Cl)cc1)NC(=O)OCc1ccccc1. The summed E-state index contributed by atoms with van der Waals surface area (Å²) < 4.78 is 10.6. The second kappa shape index (κ2) is 10.7. The van der Waals surface area contributed by atoms with E-state index in [9.17, 15) is 9.59 Å². The quantitative estimate of drug-likeness (QED) is 0.616. The van der Waals surface area contributed by atoms with Crippen LogP contribution in [-0.4, -0.2) is 23.7 Å². The molecule has 0 saturated carbocycles. The van der Waals surface area contributed by atoms with Gasteiger partial charge in [-0.1, -0.05) is 66.2 Å². The van der Waals surface area contributed by atoms with Crippen LogP contribution >= 0.6 is 11.6 Å². The number of esters is 1. The maximum atomic E-state index is 12.5. The van der Waals surface area contributed by atoms with Crippen molar-refractivity contribution in [3.63, 3.8) is 0 Å². The zero-order chi connectivity index (χ0) is 21.3. The van der Waals surface area contributed by atoms with Crippen molar-refractivity contribution in [2.45, 2.75) is 45.4 Å². The average molecular weight is 416 g/mol. The standard InChI is InChI=1S/C23H26ClNO4/c1-23(2,3)29-21(26)20(11-7-10-17-12-14-19(24)15-13-17)25-22(27)28-16-18-8-5-4-6-9-18/h4-10,12-15,20H,11,16H2,1-3H3,(H,25,27)/b10-7+/t20-/m0/s1. The van der Waals surface area contributed by atoms with Gasteiger partial charge in [0.25, 0.3) is 0 Å². The van der Waals surface area contributed by atoms with Crippen molar-refractivity contribution >= 4 is 29.7 Å². The molecule has 0 aliphatic carbocycles. The van der Waals surface area contributed by atoms with Crippen molar-refractivity contribution in [2.24, 2.45) is 0 Å².